The van der Waals surface area contributed by atoms with E-state index in [1.54, 1.807) is 4.68 Å². The van der Waals surface area contributed by atoms with Gasteiger partial charge in [0.2, 0.25) is 0 Å². The number of aryl methyl sites for hydroxylation is 1. The van der Waals surface area contributed by atoms with Crippen LogP contribution in [0.2, 0.25) is 0 Å². The van der Waals surface area contributed by atoms with Crippen LogP contribution in [0.15, 0.2) is 0 Å². The Labute approximate surface area is 114 Å². The number of hydrogen-bond donors (Lipinski definition) is 1. The van der Waals surface area contributed by atoms with Gasteiger partial charge in [-0.25, -0.2) is 0 Å². The molecule has 1 aromatic rings. The van der Waals surface area contributed by atoms with Gasteiger partial charge < -0.3 is 5.11 Å². The minimum absolute atomic E-state index is 0.0269. The first-order chi connectivity index (χ1) is 8.99. The van der Waals surface area contributed by atoms with Crippen LogP contribution in [0.1, 0.15) is 50.1 Å². The number of hydrogen-bond acceptors (Lipinski definition) is 3. The van der Waals surface area contributed by atoms with E-state index in [4.69, 9.17) is 0 Å². The van der Waals surface area contributed by atoms with Crippen LogP contribution in [-0.2, 0) is 18.9 Å². The van der Waals surface area contributed by atoms with Crippen molar-refractivity contribution in [3.8, 4) is 6.07 Å². The molecular formula is C15H21N3O. The third kappa shape index (κ3) is 1.58. The average Bonchev–Trinajstić information content (AvgIpc) is 2.71. The van der Waals surface area contributed by atoms with Crippen LogP contribution in [-0.4, -0.2) is 21.0 Å². The molecule has 0 aromatic carbocycles. The summed E-state index contributed by atoms with van der Waals surface area (Å²) in [4.78, 5) is 0. The Hall–Kier alpha value is -1.34. The molecule has 0 radical (unpaired) electrons. The van der Waals surface area contributed by atoms with Crippen molar-refractivity contribution in [2.45, 2.75) is 51.0 Å². The minimum Gasteiger partial charge on any atom is -0.393 e. The zero-order chi connectivity index (χ0) is 13.8. The first-order valence-corrected chi connectivity index (χ1v) is 7.13. The van der Waals surface area contributed by atoms with E-state index in [1.807, 2.05) is 7.05 Å². The highest BCUT2D eigenvalue weighted by Crippen LogP contribution is 2.52. The monoisotopic (exact) mass is 259 g/mol. The van der Waals surface area contributed by atoms with E-state index in [0.29, 0.717) is 17.5 Å². The first kappa shape index (κ1) is 12.7. The molecule has 1 aromatic heterocycles. The summed E-state index contributed by atoms with van der Waals surface area (Å²) in [5, 5.41) is 24.0. The van der Waals surface area contributed by atoms with E-state index in [1.165, 1.54) is 0 Å². The van der Waals surface area contributed by atoms with Crippen LogP contribution in [0.3, 0.4) is 0 Å². The molecule has 0 bridgehead atoms. The fraction of sp³-hybridized carbons (Fsp3) is 0.733. The number of aromatic nitrogens is 2. The van der Waals surface area contributed by atoms with Crippen LogP contribution >= 0.6 is 0 Å². The van der Waals surface area contributed by atoms with E-state index in [0.717, 1.165) is 36.9 Å². The Morgan fingerprint density at radius 2 is 2.21 bits per heavy atom. The Kier molecular flexibility index (Phi) is 2.72. The molecule has 19 heavy (non-hydrogen) atoms. The average molecular weight is 259 g/mol. The summed E-state index contributed by atoms with van der Waals surface area (Å²) in [5.41, 5.74) is 3.00. The summed E-state index contributed by atoms with van der Waals surface area (Å²) < 4.78 is 1.73. The van der Waals surface area contributed by atoms with Gasteiger partial charge in [-0.1, -0.05) is 13.8 Å². The molecule has 4 heteroatoms. The van der Waals surface area contributed by atoms with Crippen molar-refractivity contribution < 1.29 is 5.11 Å². The van der Waals surface area contributed by atoms with Crippen molar-refractivity contribution in [2.24, 2.45) is 18.9 Å². The van der Waals surface area contributed by atoms with Gasteiger partial charge >= 0.3 is 0 Å². The number of rotatable bonds is 0. The Balaban J connectivity index is 2.12. The van der Waals surface area contributed by atoms with Gasteiger partial charge in [0.25, 0.3) is 0 Å². The molecular weight excluding hydrogens is 238 g/mol. The highest BCUT2D eigenvalue weighted by atomic mass is 16.3. The van der Waals surface area contributed by atoms with Gasteiger partial charge in [-0.15, -0.1) is 0 Å². The van der Waals surface area contributed by atoms with E-state index >= 15 is 0 Å². The van der Waals surface area contributed by atoms with Crippen LogP contribution in [0.4, 0.5) is 0 Å². The summed E-state index contributed by atoms with van der Waals surface area (Å²) in [6, 6.07) is 2.29. The molecule has 102 valence electrons. The summed E-state index contributed by atoms with van der Waals surface area (Å²) in [6.45, 7) is 4.43. The summed E-state index contributed by atoms with van der Waals surface area (Å²) in [5.74, 6) is 0.796. The fourth-order valence-corrected chi connectivity index (χ4v) is 4.32. The van der Waals surface area contributed by atoms with Crippen LogP contribution in [0.5, 0.6) is 0 Å². The molecule has 1 fully saturated rings. The largest absolute Gasteiger partial charge is 0.393 e. The number of aliphatic hydroxyl groups is 1. The van der Waals surface area contributed by atoms with E-state index in [-0.39, 0.29) is 11.5 Å². The van der Waals surface area contributed by atoms with E-state index in [2.05, 4.69) is 25.0 Å². The van der Waals surface area contributed by atoms with Crippen molar-refractivity contribution in [2.75, 3.05) is 0 Å². The van der Waals surface area contributed by atoms with Gasteiger partial charge in [0.05, 0.1) is 11.8 Å². The lowest BCUT2D eigenvalue weighted by molar-refractivity contribution is -0.00862. The highest BCUT2D eigenvalue weighted by Gasteiger charge is 2.50. The second kappa shape index (κ2) is 4.08. The van der Waals surface area contributed by atoms with Crippen molar-refractivity contribution in [3.05, 3.63) is 17.0 Å². The van der Waals surface area contributed by atoms with Crippen molar-refractivity contribution >= 4 is 0 Å². The molecule has 4 atom stereocenters. The third-order valence-corrected chi connectivity index (χ3v) is 5.52. The molecule has 2 aliphatic rings. The summed E-state index contributed by atoms with van der Waals surface area (Å²) >= 11 is 0. The van der Waals surface area contributed by atoms with Gasteiger partial charge in [0.15, 0.2) is 0 Å². The number of aliphatic hydroxyl groups excluding tert-OH is 1. The van der Waals surface area contributed by atoms with Gasteiger partial charge in [0, 0.05) is 18.0 Å². The van der Waals surface area contributed by atoms with Crippen molar-refractivity contribution in [1.29, 1.82) is 5.26 Å². The topological polar surface area (TPSA) is 61.8 Å². The molecule has 4 nitrogen and oxygen atoms in total. The summed E-state index contributed by atoms with van der Waals surface area (Å²) in [7, 11) is 1.86. The molecule has 0 spiro atoms. The smallest absolute Gasteiger partial charge is 0.141 e. The second-order valence-electron chi connectivity index (χ2n) is 6.44. The maximum absolute atomic E-state index is 10.1. The molecule has 1 saturated carbocycles. The molecule has 1 unspecified atom stereocenters. The van der Waals surface area contributed by atoms with E-state index in [9.17, 15) is 10.4 Å². The second-order valence-corrected chi connectivity index (χ2v) is 6.44. The predicted octanol–water partition coefficient (Wildman–Crippen LogP) is 1.90. The van der Waals surface area contributed by atoms with Crippen LogP contribution in [0.25, 0.3) is 0 Å². The predicted molar refractivity (Wildman–Crippen MR) is 71.5 cm³/mol. The molecule has 1 N–H and O–H groups in total. The van der Waals surface area contributed by atoms with Gasteiger partial charge in [-0.05, 0) is 37.5 Å². The maximum atomic E-state index is 10.1. The first-order valence-electron chi connectivity index (χ1n) is 7.13. The number of fused-ring (bicyclic) bond motifs is 3. The van der Waals surface area contributed by atoms with Gasteiger partial charge in [0.1, 0.15) is 11.8 Å². The quantitative estimate of drug-likeness (QED) is 0.774. The van der Waals surface area contributed by atoms with Gasteiger partial charge in [-0.3, -0.25) is 4.68 Å². The van der Waals surface area contributed by atoms with Crippen LogP contribution in [0, 0.1) is 23.2 Å². The van der Waals surface area contributed by atoms with Crippen molar-refractivity contribution in [1.82, 2.24) is 9.78 Å². The lowest BCUT2D eigenvalue weighted by Gasteiger charge is -2.49. The lowest BCUT2D eigenvalue weighted by atomic mass is 9.56. The fourth-order valence-electron chi connectivity index (χ4n) is 4.32. The molecule has 2 aliphatic carbocycles. The third-order valence-electron chi connectivity index (χ3n) is 5.52. The highest BCUT2D eigenvalue weighted by molar-refractivity contribution is 5.42. The number of nitriles is 1. The van der Waals surface area contributed by atoms with Crippen molar-refractivity contribution in [3.63, 3.8) is 0 Å². The molecule has 0 saturated heterocycles. The molecule has 0 aliphatic heterocycles. The Morgan fingerprint density at radius 3 is 2.89 bits per heavy atom. The Morgan fingerprint density at radius 1 is 1.47 bits per heavy atom. The van der Waals surface area contributed by atoms with Gasteiger partial charge in [-0.2, -0.15) is 10.4 Å². The lowest BCUT2D eigenvalue weighted by Crippen LogP contribution is -2.48. The molecule has 3 rings (SSSR count). The van der Waals surface area contributed by atoms with Crippen LogP contribution < -0.4 is 0 Å². The SMILES string of the molecule is C[C@@H]1C(O)CC[C@]2(C)c3nn(C)c(C#N)c3CC[C@@H]12. The maximum Gasteiger partial charge on any atom is 0.141 e. The molecule has 0 amide bonds. The Bertz CT molecular complexity index is 556. The summed E-state index contributed by atoms with van der Waals surface area (Å²) in [6.07, 6.45) is 3.61. The zero-order valence-corrected chi connectivity index (χ0v) is 11.8. The van der Waals surface area contributed by atoms with E-state index < -0.39 is 0 Å². The zero-order valence-electron chi connectivity index (χ0n) is 11.8. The normalized spacial score (nSPS) is 37.3. The minimum atomic E-state index is -0.182. The number of nitrogens with zero attached hydrogens (tertiary/aromatic N) is 3. The standard InChI is InChI=1S/C15H21N3O/c1-9-11-5-4-10-12(8-16)18(3)17-14(10)15(11,2)7-6-13(9)19/h9,11,13,19H,4-7H2,1-3H3/t9-,11-,13?,15-/m0/s1. The molecule has 1 heterocycles.